The number of piperidine rings is 1. The SMILES string of the molecule is CCC(=O)N(c1ccccc1F)C1(c2ccccn2)CCN(CCc2ccccc2)CC1. The van der Waals surface area contributed by atoms with Gasteiger partial charge in [-0.2, -0.15) is 0 Å². The normalized spacial score (nSPS) is 15.9. The summed E-state index contributed by atoms with van der Waals surface area (Å²) in [7, 11) is 0. The van der Waals surface area contributed by atoms with Crippen LogP contribution in [-0.4, -0.2) is 35.4 Å². The second-order valence-corrected chi connectivity index (χ2v) is 8.36. The molecule has 1 saturated heterocycles. The molecule has 166 valence electrons. The molecule has 5 heteroatoms. The smallest absolute Gasteiger partial charge is 0.227 e. The van der Waals surface area contributed by atoms with Gasteiger partial charge in [0.1, 0.15) is 5.82 Å². The Morgan fingerprint density at radius 3 is 2.34 bits per heavy atom. The minimum Gasteiger partial charge on any atom is -0.303 e. The monoisotopic (exact) mass is 431 g/mol. The molecule has 0 radical (unpaired) electrons. The number of carbonyl (C=O) groups excluding carboxylic acids is 1. The molecule has 0 unspecified atom stereocenters. The van der Waals surface area contributed by atoms with E-state index in [1.165, 1.54) is 11.6 Å². The first kappa shape index (κ1) is 22.2. The Kier molecular flexibility index (Phi) is 6.96. The molecule has 2 aromatic carbocycles. The van der Waals surface area contributed by atoms with Crippen molar-refractivity contribution in [1.29, 1.82) is 0 Å². The highest BCUT2D eigenvalue weighted by atomic mass is 19.1. The molecule has 0 spiro atoms. The summed E-state index contributed by atoms with van der Waals surface area (Å²) in [5.41, 5.74) is 1.82. The van der Waals surface area contributed by atoms with Crippen molar-refractivity contribution in [2.75, 3.05) is 24.5 Å². The maximum Gasteiger partial charge on any atom is 0.227 e. The van der Waals surface area contributed by atoms with Crippen molar-refractivity contribution < 1.29 is 9.18 Å². The number of hydrogen-bond donors (Lipinski definition) is 0. The number of halogens is 1. The Morgan fingerprint density at radius 2 is 1.69 bits per heavy atom. The van der Waals surface area contributed by atoms with Crippen LogP contribution in [0.15, 0.2) is 79.0 Å². The number of nitrogens with zero attached hydrogens (tertiary/aromatic N) is 3. The second kappa shape index (κ2) is 10.0. The van der Waals surface area contributed by atoms with Gasteiger partial charge in [-0.05, 0) is 49.1 Å². The van der Waals surface area contributed by atoms with Crippen LogP contribution in [0.3, 0.4) is 0 Å². The lowest BCUT2D eigenvalue weighted by atomic mass is 9.81. The summed E-state index contributed by atoms with van der Waals surface area (Å²) in [6.07, 6.45) is 4.47. The third-order valence-electron chi connectivity index (χ3n) is 6.46. The molecule has 1 aliphatic rings. The van der Waals surface area contributed by atoms with Gasteiger partial charge in [-0.25, -0.2) is 4.39 Å². The van der Waals surface area contributed by atoms with Crippen molar-refractivity contribution in [1.82, 2.24) is 9.88 Å². The molecule has 0 saturated carbocycles. The van der Waals surface area contributed by atoms with E-state index in [9.17, 15) is 9.18 Å². The van der Waals surface area contributed by atoms with Crippen molar-refractivity contribution in [3.05, 3.63) is 96.1 Å². The molecule has 1 aromatic heterocycles. The van der Waals surface area contributed by atoms with Crippen molar-refractivity contribution in [3.8, 4) is 0 Å². The first-order valence-electron chi connectivity index (χ1n) is 11.4. The Morgan fingerprint density at radius 1 is 1.00 bits per heavy atom. The Balaban J connectivity index is 1.64. The molecular formula is C27H30FN3O. The molecule has 4 nitrogen and oxygen atoms in total. The number of rotatable bonds is 7. The lowest BCUT2D eigenvalue weighted by molar-refractivity contribution is -0.120. The van der Waals surface area contributed by atoms with Gasteiger partial charge in [-0.1, -0.05) is 55.5 Å². The molecule has 1 fully saturated rings. The lowest BCUT2D eigenvalue weighted by Gasteiger charge is -2.48. The first-order valence-corrected chi connectivity index (χ1v) is 11.4. The van der Waals surface area contributed by atoms with E-state index in [0.29, 0.717) is 24.9 Å². The van der Waals surface area contributed by atoms with Crippen LogP contribution in [0.5, 0.6) is 0 Å². The molecule has 0 N–H and O–H groups in total. The number of likely N-dealkylation sites (tertiary alicyclic amines) is 1. The Labute approximate surface area is 189 Å². The van der Waals surface area contributed by atoms with Crippen molar-refractivity contribution >= 4 is 11.6 Å². The Bertz CT molecular complexity index is 1020. The molecule has 4 rings (SSSR count). The van der Waals surface area contributed by atoms with E-state index in [-0.39, 0.29) is 11.7 Å². The molecule has 0 atom stereocenters. The summed E-state index contributed by atoms with van der Waals surface area (Å²) in [6, 6.07) is 22.8. The average Bonchev–Trinajstić information content (AvgIpc) is 2.86. The maximum atomic E-state index is 14.9. The van der Waals surface area contributed by atoms with Crippen LogP contribution < -0.4 is 4.90 Å². The molecule has 1 amide bonds. The molecular weight excluding hydrogens is 401 g/mol. The number of pyridine rings is 1. The average molecular weight is 432 g/mol. The molecule has 1 aliphatic heterocycles. The van der Waals surface area contributed by atoms with E-state index < -0.39 is 5.54 Å². The van der Waals surface area contributed by atoms with E-state index in [1.54, 1.807) is 29.3 Å². The van der Waals surface area contributed by atoms with Gasteiger partial charge in [-0.3, -0.25) is 14.7 Å². The summed E-state index contributed by atoms with van der Waals surface area (Å²) < 4.78 is 14.9. The van der Waals surface area contributed by atoms with Gasteiger partial charge in [0.2, 0.25) is 5.91 Å². The zero-order valence-corrected chi connectivity index (χ0v) is 18.6. The molecule has 32 heavy (non-hydrogen) atoms. The number of para-hydroxylation sites is 1. The number of anilines is 1. The summed E-state index contributed by atoms with van der Waals surface area (Å²) >= 11 is 0. The first-order chi connectivity index (χ1) is 15.6. The summed E-state index contributed by atoms with van der Waals surface area (Å²) in [5, 5.41) is 0. The number of hydrogen-bond acceptors (Lipinski definition) is 3. The fourth-order valence-electron chi connectivity index (χ4n) is 4.71. The fraction of sp³-hybridized carbons (Fsp3) is 0.333. The van der Waals surface area contributed by atoms with Gasteiger partial charge < -0.3 is 4.90 Å². The molecule has 3 aromatic rings. The van der Waals surface area contributed by atoms with Crippen LogP contribution in [0.2, 0.25) is 0 Å². The highest BCUT2D eigenvalue weighted by Gasteiger charge is 2.45. The van der Waals surface area contributed by atoms with E-state index in [1.807, 2.05) is 31.2 Å². The molecule has 2 heterocycles. The summed E-state index contributed by atoms with van der Waals surface area (Å²) in [4.78, 5) is 22.0. The van der Waals surface area contributed by atoms with E-state index in [4.69, 9.17) is 0 Å². The standard InChI is InChI=1S/C27H30FN3O/c1-2-26(32)31(24-13-7-6-12-23(24)28)27(25-14-8-9-18-29-25)16-20-30(21-17-27)19-15-22-10-4-3-5-11-22/h3-14,18H,2,15-17,19-21H2,1H3. The summed E-state index contributed by atoms with van der Waals surface area (Å²) in [6.45, 7) is 4.44. The third kappa shape index (κ3) is 4.58. The van der Waals surface area contributed by atoms with Crippen LogP contribution in [0.1, 0.15) is 37.4 Å². The summed E-state index contributed by atoms with van der Waals surface area (Å²) in [5.74, 6) is -0.463. The van der Waals surface area contributed by atoms with E-state index in [2.05, 4.69) is 34.1 Å². The van der Waals surface area contributed by atoms with E-state index >= 15 is 0 Å². The van der Waals surface area contributed by atoms with Crippen molar-refractivity contribution in [2.24, 2.45) is 0 Å². The van der Waals surface area contributed by atoms with Gasteiger partial charge in [0.25, 0.3) is 0 Å². The van der Waals surface area contributed by atoms with Crippen LogP contribution in [0.25, 0.3) is 0 Å². The topological polar surface area (TPSA) is 36.4 Å². The third-order valence-corrected chi connectivity index (χ3v) is 6.46. The van der Waals surface area contributed by atoms with Crippen LogP contribution in [0.4, 0.5) is 10.1 Å². The quantitative estimate of drug-likeness (QED) is 0.516. The van der Waals surface area contributed by atoms with Crippen LogP contribution >= 0.6 is 0 Å². The van der Waals surface area contributed by atoms with Gasteiger partial charge >= 0.3 is 0 Å². The predicted molar refractivity (Wildman–Crippen MR) is 126 cm³/mol. The lowest BCUT2D eigenvalue weighted by Crippen LogP contribution is -2.56. The van der Waals surface area contributed by atoms with Crippen molar-refractivity contribution in [3.63, 3.8) is 0 Å². The highest BCUT2D eigenvalue weighted by Crippen LogP contribution is 2.42. The highest BCUT2D eigenvalue weighted by molar-refractivity contribution is 5.95. The van der Waals surface area contributed by atoms with Gasteiger partial charge in [0, 0.05) is 32.3 Å². The molecule has 0 aliphatic carbocycles. The van der Waals surface area contributed by atoms with E-state index in [0.717, 1.165) is 31.7 Å². The maximum absolute atomic E-state index is 14.9. The van der Waals surface area contributed by atoms with Gasteiger partial charge in [0.15, 0.2) is 0 Å². The minimum atomic E-state index is -0.667. The molecule has 0 bridgehead atoms. The zero-order chi connectivity index (χ0) is 22.4. The van der Waals surface area contributed by atoms with Crippen LogP contribution in [-0.2, 0) is 16.8 Å². The largest absolute Gasteiger partial charge is 0.303 e. The predicted octanol–water partition coefficient (Wildman–Crippen LogP) is 5.20. The second-order valence-electron chi connectivity index (χ2n) is 8.36. The van der Waals surface area contributed by atoms with Gasteiger partial charge in [-0.15, -0.1) is 0 Å². The van der Waals surface area contributed by atoms with Crippen molar-refractivity contribution in [2.45, 2.75) is 38.1 Å². The minimum absolute atomic E-state index is 0.0847. The fourth-order valence-corrected chi connectivity index (χ4v) is 4.71. The number of benzene rings is 2. The Hall–Kier alpha value is -3.05. The number of carbonyl (C=O) groups is 1. The number of amides is 1. The van der Waals surface area contributed by atoms with Gasteiger partial charge in [0.05, 0.1) is 16.9 Å². The number of aromatic nitrogens is 1. The van der Waals surface area contributed by atoms with Crippen LogP contribution in [0, 0.1) is 5.82 Å². The zero-order valence-electron chi connectivity index (χ0n) is 18.6.